The molecular weight excluding hydrogens is 376 g/mol. The summed E-state index contributed by atoms with van der Waals surface area (Å²) >= 11 is 1.40. The smallest absolute Gasteiger partial charge is 0.264 e. The van der Waals surface area contributed by atoms with Gasteiger partial charge in [0.1, 0.15) is 12.3 Å². The lowest BCUT2D eigenvalue weighted by Crippen LogP contribution is -2.45. The van der Waals surface area contributed by atoms with E-state index in [0.29, 0.717) is 24.5 Å². The topological polar surface area (TPSA) is 63.0 Å². The Hall–Kier alpha value is -2.12. The van der Waals surface area contributed by atoms with Gasteiger partial charge in [0.05, 0.1) is 23.8 Å². The number of amides is 2. The summed E-state index contributed by atoms with van der Waals surface area (Å²) < 4.78 is 11.2. The monoisotopic (exact) mass is 404 g/mol. The normalized spacial score (nSPS) is 16.5. The van der Waals surface area contributed by atoms with Crippen LogP contribution in [-0.4, -0.2) is 54.0 Å². The number of thiophene rings is 1. The Kier molecular flexibility index (Phi) is 7.28. The van der Waals surface area contributed by atoms with Crippen LogP contribution < -0.4 is 0 Å². The number of hydrogen-bond acceptors (Lipinski definition) is 5. The molecule has 6 nitrogen and oxygen atoms in total. The Bertz CT molecular complexity index is 737. The van der Waals surface area contributed by atoms with Gasteiger partial charge in [-0.1, -0.05) is 19.9 Å². The first kappa shape index (κ1) is 20.6. The maximum atomic E-state index is 13.2. The zero-order valence-electron chi connectivity index (χ0n) is 16.5. The van der Waals surface area contributed by atoms with Gasteiger partial charge in [0, 0.05) is 19.7 Å². The molecule has 28 heavy (non-hydrogen) atoms. The molecule has 1 fully saturated rings. The third-order valence-electron chi connectivity index (χ3n) is 4.66. The number of carbonyl (C=O) groups is 2. The van der Waals surface area contributed by atoms with E-state index >= 15 is 0 Å². The quantitative estimate of drug-likeness (QED) is 0.640. The maximum absolute atomic E-state index is 13.2. The molecule has 2 aromatic heterocycles. The highest BCUT2D eigenvalue weighted by Gasteiger charge is 2.27. The van der Waals surface area contributed by atoms with Crippen molar-refractivity contribution in [2.45, 2.75) is 39.3 Å². The molecule has 152 valence electrons. The molecule has 0 unspecified atom stereocenters. The van der Waals surface area contributed by atoms with Gasteiger partial charge < -0.3 is 19.0 Å². The Morgan fingerprint density at radius 3 is 2.71 bits per heavy atom. The van der Waals surface area contributed by atoms with Gasteiger partial charge in [-0.05, 0) is 42.3 Å². The Morgan fingerprint density at radius 2 is 2.11 bits per heavy atom. The van der Waals surface area contributed by atoms with Gasteiger partial charge in [-0.25, -0.2) is 0 Å². The van der Waals surface area contributed by atoms with Crippen LogP contribution in [0.3, 0.4) is 0 Å². The molecule has 2 aromatic rings. The molecule has 1 atom stereocenters. The molecule has 2 amide bonds. The van der Waals surface area contributed by atoms with Crippen LogP contribution in [0.5, 0.6) is 0 Å². The van der Waals surface area contributed by atoms with Crippen LogP contribution in [0, 0.1) is 5.92 Å². The number of furan rings is 1. The van der Waals surface area contributed by atoms with Crippen molar-refractivity contribution in [3.63, 3.8) is 0 Å². The van der Waals surface area contributed by atoms with Gasteiger partial charge in [-0.3, -0.25) is 9.59 Å². The minimum atomic E-state index is -0.0906. The Balaban J connectivity index is 1.71. The molecule has 1 aliphatic rings. The predicted molar refractivity (Wildman–Crippen MR) is 108 cm³/mol. The summed E-state index contributed by atoms with van der Waals surface area (Å²) in [6, 6.07) is 7.33. The average molecular weight is 405 g/mol. The number of hydrogen-bond donors (Lipinski definition) is 0. The summed E-state index contributed by atoms with van der Waals surface area (Å²) in [5.41, 5.74) is 0. The van der Waals surface area contributed by atoms with E-state index in [1.54, 1.807) is 22.1 Å². The van der Waals surface area contributed by atoms with E-state index in [1.807, 2.05) is 37.4 Å². The highest BCUT2D eigenvalue weighted by atomic mass is 32.1. The second kappa shape index (κ2) is 9.89. The fourth-order valence-electron chi connectivity index (χ4n) is 3.36. The Labute approximate surface area is 170 Å². The second-order valence-corrected chi connectivity index (χ2v) is 8.49. The van der Waals surface area contributed by atoms with Gasteiger partial charge in [0.25, 0.3) is 5.91 Å². The average Bonchev–Trinajstić information content (AvgIpc) is 3.42. The summed E-state index contributed by atoms with van der Waals surface area (Å²) in [4.78, 5) is 30.1. The molecule has 0 aromatic carbocycles. The molecule has 7 heteroatoms. The summed E-state index contributed by atoms with van der Waals surface area (Å²) in [7, 11) is 0. The van der Waals surface area contributed by atoms with Crippen molar-refractivity contribution in [1.82, 2.24) is 9.80 Å². The first-order valence-corrected chi connectivity index (χ1v) is 10.7. The van der Waals surface area contributed by atoms with E-state index in [4.69, 9.17) is 9.15 Å². The van der Waals surface area contributed by atoms with Crippen LogP contribution >= 0.6 is 11.3 Å². The number of nitrogens with zero attached hydrogens (tertiary/aromatic N) is 2. The van der Waals surface area contributed by atoms with E-state index in [2.05, 4.69) is 0 Å². The van der Waals surface area contributed by atoms with Gasteiger partial charge in [-0.15, -0.1) is 11.3 Å². The van der Waals surface area contributed by atoms with Gasteiger partial charge in [0.2, 0.25) is 5.91 Å². The summed E-state index contributed by atoms with van der Waals surface area (Å²) in [6.45, 7) is 6.33. The molecule has 0 aliphatic carbocycles. The zero-order valence-corrected chi connectivity index (χ0v) is 17.3. The number of ether oxygens (including phenoxy) is 1. The van der Waals surface area contributed by atoms with Crippen molar-refractivity contribution >= 4 is 23.2 Å². The van der Waals surface area contributed by atoms with E-state index < -0.39 is 0 Å². The summed E-state index contributed by atoms with van der Waals surface area (Å²) in [5, 5.41) is 1.88. The fourth-order valence-corrected chi connectivity index (χ4v) is 4.05. The second-order valence-electron chi connectivity index (χ2n) is 7.55. The molecule has 3 rings (SSSR count). The number of rotatable bonds is 9. The number of carbonyl (C=O) groups excluding carboxylic acids is 2. The lowest BCUT2D eigenvalue weighted by molar-refractivity contribution is -0.134. The SMILES string of the molecule is CC(C)CN(CC(=O)N(Cc1ccco1)C[C@H]1CCCO1)C(=O)c1cccs1. The lowest BCUT2D eigenvalue weighted by atomic mass is 10.2. The molecule has 0 spiro atoms. The molecule has 0 saturated carbocycles. The minimum Gasteiger partial charge on any atom is -0.467 e. The molecule has 3 heterocycles. The molecule has 1 aliphatic heterocycles. The van der Waals surface area contributed by atoms with Crippen molar-refractivity contribution < 1.29 is 18.7 Å². The van der Waals surface area contributed by atoms with Gasteiger partial charge in [0.15, 0.2) is 0 Å². The van der Waals surface area contributed by atoms with Crippen LogP contribution in [0.25, 0.3) is 0 Å². The third-order valence-corrected chi connectivity index (χ3v) is 5.52. The van der Waals surface area contributed by atoms with Crippen LogP contribution in [0.2, 0.25) is 0 Å². The lowest BCUT2D eigenvalue weighted by Gasteiger charge is -2.29. The van der Waals surface area contributed by atoms with Crippen LogP contribution in [0.4, 0.5) is 0 Å². The highest BCUT2D eigenvalue weighted by molar-refractivity contribution is 7.12. The molecule has 0 radical (unpaired) electrons. The summed E-state index contributed by atoms with van der Waals surface area (Å²) in [6.07, 6.45) is 3.62. The zero-order chi connectivity index (χ0) is 19.9. The van der Waals surface area contributed by atoms with Crippen molar-refractivity contribution in [3.05, 3.63) is 46.5 Å². The van der Waals surface area contributed by atoms with E-state index in [0.717, 1.165) is 25.2 Å². The largest absolute Gasteiger partial charge is 0.467 e. The first-order chi connectivity index (χ1) is 13.5. The van der Waals surface area contributed by atoms with Crippen molar-refractivity contribution in [3.8, 4) is 0 Å². The van der Waals surface area contributed by atoms with Crippen LogP contribution in [-0.2, 0) is 16.1 Å². The van der Waals surface area contributed by atoms with E-state index in [9.17, 15) is 9.59 Å². The minimum absolute atomic E-state index is 0.0467. The van der Waals surface area contributed by atoms with Crippen LogP contribution in [0.1, 0.15) is 42.1 Å². The molecular formula is C21H28N2O4S. The fraction of sp³-hybridized carbons (Fsp3) is 0.524. The summed E-state index contributed by atoms with van der Waals surface area (Å²) in [5.74, 6) is 0.823. The van der Waals surface area contributed by atoms with Crippen molar-refractivity contribution in [2.24, 2.45) is 5.92 Å². The molecule has 0 bridgehead atoms. The Morgan fingerprint density at radius 1 is 1.25 bits per heavy atom. The van der Waals surface area contributed by atoms with E-state index in [-0.39, 0.29) is 30.4 Å². The maximum Gasteiger partial charge on any atom is 0.264 e. The standard InChI is InChI=1S/C21H28N2O4S/c1-16(2)12-23(21(25)19-8-5-11-28-19)15-20(24)22(13-17-6-3-9-26-17)14-18-7-4-10-27-18/h3,5-6,8-9,11,16,18H,4,7,10,12-15H2,1-2H3/t18-/m1/s1. The predicted octanol–water partition coefficient (Wildman–Crippen LogP) is 3.65. The highest BCUT2D eigenvalue weighted by Crippen LogP contribution is 2.17. The third kappa shape index (κ3) is 5.69. The van der Waals surface area contributed by atoms with Crippen LogP contribution in [0.15, 0.2) is 40.3 Å². The molecule has 0 N–H and O–H groups in total. The molecule has 1 saturated heterocycles. The van der Waals surface area contributed by atoms with E-state index in [1.165, 1.54) is 11.3 Å². The van der Waals surface area contributed by atoms with Gasteiger partial charge >= 0.3 is 0 Å². The first-order valence-electron chi connectivity index (χ1n) is 9.77. The van der Waals surface area contributed by atoms with Crippen molar-refractivity contribution in [2.75, 3.05) is 26.2 Å². The van der Waals surface area contributed by atoms with Gasteiger partial charge in [-0.2, -0.15) is 0 Å². The van der Waals surface area contributed by atoms with Crippen molar-refractivity contribution in [1.29, 1.82) is 0 Å².